The molecule has 1 aromatic rings. The van der Waals surface area contributed by atoms with Crippen LogP contribution in [0.15, 0.2) is 12.4 Å². The minimum absolute atomic E-state index is 0.498. The minimum atomic E-state index is 0.498. The molecule has 1 unspecified atom stereocenters. The molecule has 0 aliphatic carbocycles. The van der Waals surface area contributed by atoms with Crippen LogP contribution in [0.2, 0.25) is 0 Å². The van der Waals surface area contributed by atoms with E-state index in [0.717, 1.165) is 18.9 Å². The average Bonchev–Trinajstić information content (AvgIpc) is 2.45. The fourth-order valence-electron chi connectivity index (χ4n) is 2.46. The van der Waals surface area contributed by atoms with E-state index in [1.165, 1.54) is 19.3 Å². The third-order valence-corrected chi connectivity index (χ3v) is 3.49. The van der Waals surface area contributed by atoms with Gasteiger partial charge >= 0.3 is 0 Å². The molecule has 1 saturated heterocycles. The number of aromatic nitrogens is 2. The molecular weight excluding hydrogens is 240 g/mol. The molecule has 2 rings (SSSR count). The molecule has 0 aromatic carbocycles. The van der Waals surface area contributed by atoms with Gasteiger partial charge in [0.2, 0.25) is 5.88 Å². The van der Waals surface area contributed by atoms with Crippen LogP contribution in [0.25, 0.3) is 0 Å². The summed E-state index contributed by atoms with van der Waals surface area (Å²) >= 11 is 0. The number of rotatable bonds is 5. The normalized spacial score (nSPS) is 19.8. The quantitative estimate of drug-likeness (QED) is 0.879. The summed E-state index contributed by atoms with van der Waals surface area (Å²) < 4.78 is 5.16. The highest BCUT2D eigenvalue weighted by Gasteiger charge is 2.24. The molecule has 5 heteroatoms. The molecule has 1 aliphatic rings. The number of hydrogen-bond acceptors (Lipinski definition) is 5. The van der Waals surface area contributed by atoms with Crippen molar-refractivity contribution in [3.8, 4) is 5.88 Å². The Morgan fingerprint density at radius 3 is 3.00 bits per heavy atom. The summed E-state index contributed by atoms with van der Waals surface area (Å²) in [6.45, 7) is 6.40. The molecule has 2 heterocycles. The van der Waals surface area contributed by atoms with Gasteiger partial charge in [0.1, 0.15) is 0 Å². The number of nitrogens with one attached hydrogen (secondary N) is 1. The van der Waals surface area contributed by atoms with Crippen molar-refractivity contribution in [2.24, 2.45) is 0 Å². The second-order valence-electron chi connectivity index (χ2n) is 5.33. The van der Waals surface area contributed by atoms with Crippen LogP contribution >= 0.6 is 0 Å². The van der Waals surface area contributed by atoms with Crippen LogP contribution in [0.4, 0.5) is 5.82 Å². The van der Waals surface area contributed by atoms with Crippen LogP contribution in [-0.4, -0.2) is 42.3 Å². The van der Waals surface area contributed by atoms with E-state index >= 15 is 0 Å². The van der Waals surface area contributed by atoms with Gasteiger partial charge in [-0.25, -0.2) is 0 Å². The molecule has 0 spiro atoms. The highest BCUT2D eigenvalue weighted by atomic mass is 16.5. The van der Waals surface area contributed by atoms with E-state index in [0.29, 0.717) is 18.0 Å². The summed E-state index contributed by atoms with van der Waals surface area (Å²) in [5, 5.41) is 3.52. The second-order valence-corrected chi connectivity index (χ2v) is 5.33. The molecule has 1 N–H and O–H groups in total. The molecule has 19 heavy (non-hydrogen) atoms. The first-order valence-electron chi connectivity index (χ1n) is 7.06. The highest BCUT2D eigenvalue weighted by molar-refractivity contribution is 5.39. The van der Waals surface area contributed by atoms with E-state index in [-0.39, 0.29) is 0 Å². The maximum Gasteiger partial charge on any atom is 0.233 e. The zero-order valence-electron chi connectivity index (χ0n) is 12.1. The lowest BCUT2D eigenvalue weighted by atomic mass is 10.0. The molecule has 106 valence electrons. The molecule has 0 radical (unpaired) electrons. The zero-order valence-corrected chi connectivity index (χ0v) is 12.1. The molecule has 5 nitrogen and oxygen atoms in total. The third-order valence-electron chi connectivity index (χ3n) is 3.49. The van der Waals surface area contributed by atoms with E-state index in [1.54, 1.807) is 13.3 Å². The molecule has 1 fully saturated rings. The lowest BCUT2D eigenvalue weighted by molar-refractivity contribution is 0.389. The second kappa shape index (κ2) is 6.70. The predicted octanol–water partition coefficient (Wildman–Crippen LogP) is 1.84. The van der Waals surface area contributed by atoms with Crippen LogP contribution in [0, 0.1) is 0 Å². The predicted molar refractivity (Wildman–Crippen MR) is 76.7 cm³/mol. The molecule has 0 bridgehead atoms. The topological polar surface area (TPSA) is 50.3 Å². The van der Waals surface area contributed by atoms with Gasteiger partial charge in [0.05, 0.1) is 19.5 Å². The summed E-state index contributed by atoms with van der Waals surface area (Å²) in [6.07, 6.45) is 7.19. The van der Waals surface area contributed by atoms with Crippen molar-refractivity contribution < 1.29 is 4.74 Å². The van der Waals surface area contributed by atoms with E-state index < -0.39 is 0 Å². The number of ether oxygens (including phenoxy) is 1. The largest absolute Gasteiger partial charge is 0.480 e. The monoisotopic (exact) mass is 264 g/mol. The first kappa shape index (κ1) is 14.1. The van der Waals surface area contributed by atoms with E-state index in [4.69, 9.17) is 4.74 Å². The van der Waals surface area contributed by atoms with Gasteiger partial charge in [0, 0.05) is 25.2 Å². The van der Waals surface area contributed by atoms with Crippen molar-refractivity contribution in [1.29, 1.82) is 0 Å². The SMILES string of the molecule is COc1cncc(N2CCCCC2CNC(C)C)n1. The number of methoxy groups -OCH3 is 1. The maximum atomic E-state index is 5.16. The Balaban J connectivity index is 2.09. The Bertz CT molecular complexity index is 397. The molecule has 1 aliphatic heterocycles. The Hall–Kier alpha value is -1.36. The number of piperidine rings is 1. The molecule has 0 amide bonds. The lowest BCUT2D eigenvalue weighted by Gasteiger charge is -2.37. The van der Waals surface area contributed by atoms with Crippen molar-refractivity contribution in [1.82, 2.24) is 15.3 Å². The van der Waals surface area contributed by atoms with Gasteiger partial charge < -0.3 is 15.0 Å². The first-order chi connectivity index (χ1) is 9.20. The smallest absolute Gasteiger partial charge is 0.233 e. The Kier molecular flexibility index (Phi) is 4.96. The molecule has 1 atom stereocenters. The van der Waals surface area contributed by atoms with Crippen LogP contribution < -0.4 is 15.0 Å². The van der Waals surface area contributed by atoms with E-state index in [9.17, 15) is 0 Å². The van der Waals surface area contributed by atoms with Crippen LogP contribution in [0.5, 0.6) is 5.88 Å². The standard InChI is InChI=1S/C14H24N4O/c1-11(2)16-8-12-6-4-5-7-18(12)13-9-15-10-14(17-13)19-3/h9-12,16H,4-8H2,1-3H3. The van der Waals surface area contributed by atoms with Crippen molar-refractivity contribution >= 4 is 5.82 Å². The maximum absolute atomic E-state index is 5.16. The number of hydrogen-bond donors (Lipinski definition) is 1. The van der Waals surface area contributed by atoms with Crippen molar-refractivity contribution in [2.75, 3.05) is 25.1 Å². The zero-order chi connectivity index (χ0) is 13.7. The van der Waals surface area contributed by atoms with Crippen molar-refractivity contribution in [3.63, 3.8) is 0 Å². The van der Waals surface area contributed by atoms with E-state index in [1.807, 2.05) is 6.20 Å². The Labute approximate surface area is 115 Å². The van der Waals surface area contributed by atoms with Gasteiger partial charge in [-0.3, -0.25) is 4.98 Å². The fourth-order valence-corrected chi connectivity index (χ4v) is 2.46. The van der Waals surface area contributed by atoms with E-state index in [2.05, 4.69) is 34.0 Å². The summed E-state index contributed by atoms with van der Waals surface area (Å²) in [5.41, 5.74) is 0. The Morgan fingerprint density at radius 1 is 1.42 bits per heavy atom. The van der Waals surface area contributed by atoms with Crippen LogP contribution in [-0.2, 0) is 0 Å². The van der Waals surface area contributed by atoms with Gasteiger partial charge in [0.15, 0.2) is 5.82 Å². The van der Waals surface area contributed by atoms with Crippen molar-refractivity contribution in [2.45, 2.75) is 45.2 Å². The van der Waals surface area contributed by atoms with Gasteiger partial charge in [0.25, 0.3) is 0 Å². The summed E-state index contributed by atoms with van der Waals surface area (Å²) in [6, 6.07) is 1.01. The van der Waals surface area contributed by atoms with Gasteiger partial charge in [-0.1, -0.05) is 13.8 Å². The van der Waals surface area contributed by atoms with Gasteiger partial charge in [-0.2, -0.15) is 4.98 Å². The molecule has 1 aromatic heterocycles. The highest BCUT2D eigenvalue weighted by Crippen LogP contribution is 2.23. The third kappa shape index (κ3) is 3.80. The summed E-state index contributed by atoms with van der Waals surface area (Å²) in [5.74, 6) is 1.51. The Morgan fingerprint density at radius 2 is 2.26 bits per heavy atom. The molecule has 0 saturated carbocycles. The lowest BCUT2D eigenvalue weighted by Crippen LogP contribution is -2.47. The van der Waals surface area contributed by atoms with Crippen molar-refractivity contribution in [3.05, 3.63) is 12.4 Å². The van der Waals surface area contributed by atoms with Gasteiger partial charge in [-0.05, 0) is 19.3 Å². The first-order valence-corrected chi connectivity index (χ1v) is 7.06. The average molecular weight is 264 g/mol. The van der Waals surface area contributed by atoms with Crippen LogP contribution in [0.1, 0.15) is 33.1 Å². The van der Waals surface area contributed by atoms with Gasteiger partial charge in [-0.15, -0.1) is 0 Å². The number of nitrogens with zero attached hydrogens (tertiary/aromatic N) is 3. The van der Waals surface area contributed by atoms with Crippen LogP contribution in [0.3, 0.4) is 0 Å². The molecular formula is C14H24N4O. The fraction of sp³-hybridized carbons (Fsp3) is 0.714. The number of anilines is 1. The minimum Gasteiger partial charge on any atom is -0.480 e. The summed E-state index contributed by atoms with van der Waals surface area (Å²) in [7, 11) is 1.63. The summed E-state index contributed by atoms with van der Waals surface area (Å²) in [4.78, 5) is 11.1.